The van der Waals surface area contributed by atoms with E-state index in [1.54, 1.807) is 11.1 Å². The lowest BCUT2D eigenvalue weighted by Gasteiger charge is -2.22. The summed E-state index contributed by atoms with van der Waals surface area (Å²) in [5.41, 5.74) is 7.44. The van der Waals surface area contributed by atoms with Crippen LogP contribution < -0.4 is 0 Å². The van der Waals surface area contributed by atoms with Gasteiger partial charge in [0, 0.05) is 0 Å². The molecule has 0 N–H and O–H groups in total. The first-order chi connectivity index (χ1) is 11.1. The van der Waals surface area contributed by atoms with Gasteiger partial charge in [-0.15, -0.1) is 0 Å². The fourth-order valence-corrected chi connectivity index (χ4v) is 2.93. The summed E-state index contributed by atoms with van der Waals surface area (Å²) in [5.74, 6) is 0. The Balaban J connectivity index is 0.000000174. The Morgan fingerprint density at radius 2 is 1.70 bits per heavy atom. The molecule has 1 heteroatoms. The van der Waals surface area contributed by atoms with Crippen LogP contribution in [0.15, 0.2) is 64.8 Å². The molecule has 23 heavy (non-hydrogen) atoms. The number of ether oxygens (including phenoxy) is 1. The number of rotatable bonds is 1. The van der Waals surface area contributed by atoms with Crippen LogP contribution in [0.5, 0.6) is 0 Å². The maximum absolute atomic E-state index is 5.66. The van der Waals surface area contributed by atoms with Crippen LogP contribution in [0.4, 0.5) is 0 Å². The van der Waals surface area contributed by atoms with Crippen LogP contribution in [0, 0.1) is 0 Å². The molecule has 0 saturated heterocycles. The van der Waals surface area contributed by atoms with Gasteiger partial charge in [-0.05, 0) is 58.9 Å². The molecule has 1 aliphatic heterocycles. The molecule has 124 valence electrons. The molecule has 1 aromatic rings. The van der Waals surface area contributed by atoms with Crippen molar-refractivity contribution in [2.24, 2.45) is 0 Å². The zero-order valence-electron chi connectivity index (χ0n) is 15.1. The van der Waals surface area contributed by atoms with Gasteiger partial charge in [-0.2, -0.15) is 0 Å². The first kappa shape index (κ1) is 17.7. The molecule has 0 amide bonds. The molecule has 0 saturated carbocycles. The third-order valence-corrected chi connectivity index (χ3v) is 4.63. The number of hydrogen-bond acceptors (Lipinski definition) is 1. The molecular formula is C22H30O. The van der Waals surface area contributed by atoms with Crippen molar-refractivity contribution >= 4 is 0 Å². The Morgan fingerprint density at radius 3 is 2.26 bits per heavy atom. The van der Waals surface area contributed by atoms with Crippen molar-refractivity contribution in [2.75, 3.05) is 6.61 Å². The monoisotopic (exact) mass is 310 g/mol. The minimum atomic E-state index is 0.270. The minimum absolute atomic E-state index is 0.270. The number of benzene rings is 1. The van der Waals surface area contributed by atoms with Crippen molar-refractivity contribution in [3.63, 3.8) is 0 Å². The van der Waals surface area contributed by atoms with Crippen LogP contribution in [-0.4, -0.2) is 6.61 Å². The van der Waals surface area contributed by atoms with Crippen molar-refractivity contribution in [3.8, 4) is 0 Å². The van der Waals surface area contributed by atoms with E-state index in [0.29, 0.717) is 0 Å². The zero-order chi connectivity index (χ0) is 16.7. The molecule has 1 atom stereocenters. The molecule has 0 fully saturated rings. The van der Waals surface area contributed by atoms with Gasteiger partial charge in [0.15, 0.2) is 0 Å². The quantitative estimate of drug-likeness (QED) is 0.535. The zero-order valence-corrected chi connectivity index (χ0v) is 15.1. The topological polar surface area (TPSA) is 9.23 Å². The van der Waals surface area contributed by atoms with E-state index in [0.717, 1.165) is 13.0 Å². The van der Waals surface area contributed by atoms with E-state index in [9.17, 15) is 0 Å². The molecule has 1 unspecified atom stereocenters. The van der Waals surface area contributed by atoms with Crippen molar-refractivity contribution in [2.45, 2.75) is 59.5 Å². The van der Waals surface area contributed by atoms with Gasteiger partial charge in [0.1, 0.15) is 0 Å². The lowest BCUT2D eigenvalue weighted by atomic mass is 9.93. The molecule has 0 aromatic heterocycles. The van der Waals surface area contributed by atoms with E-state index in [1.807, 2.05) is 6.07 Å². The molecule has 0 spiro atoms. The maximum atomic E-state index is 5.66. The molecule has 1 heterocycles. The second-order valence-electron chi connectivity index (χ2n) is 6.85. The smallest absolute Gasteiger partial charge is 0.0866 e. The first-order valence-corrected chi connectivity index (χ1v) is 8.69. The molecular weight excluding hydrogens is 280 g/mol. The standard InChI is InChI=1S/C12H14O.C10H16/c1-10-7-8-13-12(9-10)11-5-3-2-4-6-11;1-8(2)10-6-4-9(3)5-7-10/h2-7,12H,8-9H2,1H3;4H,5-7H2,1-3H3. The van der Waals surface area contributed by atoms with Gasteiger partial charge >= 0.3 is 0 Å². The molecule has 3 rings (SSSR count). The average Bonchev–Trinajstić information content (AvgIpc) is 2.57. The molecule has 1 aromatic carbocycles. The Morgan fingerprint density at radius 1 is 0.957 bits per heavy atom. The lowest BCUT2D eigenvalue weighted by molar-refractivity contribution is 0.0641. The summed E-state index contributed by atoms with van der Waals surface area (Å²) in [6, 6.07) is 10.4. The highest BCUT2D eigenvalue weighted by molar-refractivity contribution is 5.21. The summed E-state index contributed by atoms with van der Waals surface area (Å²) in [5, 5.41) is 0. The van der Waals surface area contributed by atoms with Crippen LogP contribution in [0.3, 0.4) is 0 Å². The highest BCUT2D eigenvalue weighted by Gasteiger charge is 2.14. The fourth-order valence-electron chi connectivity index (χ4n) is 2.93. The van der Waals surface area contributed by atoms with Gasteiger partial charge in [-0.3, -0.25) is 0 Å². The minimum Gasteiger partial charge on any atom is -0.369 e. The first-order valence-electron chi connectivity index (χ1n) is 8.69. The summed E-state index contributed by atoms with van der Waals surface area (Å²) in [7, 11) is 0. The lowest BCUT2D eigenvalue weighted by Crippen LogP contribution is -2.09. The number of allylic oxidation sites excluding steroid dienone is 4. The summed E-state index contributed by atoms with van der Waals surface area (Å²) >= 11 is 0. The predicted molar refractivity (Wildman–Crippen MR) is 99.5 cm³/mol. The van der Waals surface area contributed by atoms with E-state index in [2.05, 4.69) is 64.1 Å². The molecule has 0 bridgehead atoms. The summed E-state index contributed by atoms with van der Waals surface area (Å²) in [6.45, 7) is 9.57. The van der Waals surface area contributed by atoms with E-state index >= 15 is 0 Å². The molecule has 1 aliphatic carbocycles. The predicted octanol–water partition coefficient (Wildman–Crippen LogP) is 6.55. The Bertz CT molecular complexity index is 586. The van der Waals surface area contributed by atoms with Gasteiger partial charge in [0.25, 0.3) is 0 Å². The highest BCUT2D eigenvalue weighted by Crippen LogP contribution is 2.27. The average molecular weight is 310 g/mol. The Kier molecular flexibility index (Phi) is 6.85. The van der Waals surface area contributed by atoms with Gasteiger partial charge < -0.3 is 4.74 Å². The van der Waals surface area contributed by atoms with Crippen LogP contribution in [0.25, 0.3) is 0 Å². The van der Waals surface area contributed by atoms with Crippen LogP contribution in [-0.2, 0) is 4.74 Å². The Hall–Kier alpha value is -1.60. The summed E-state index contributed by atoms with van der Waals surface area (Å²) < 4.78 is 5.66. The molecule has 0 radical (unpaired) electrons. The van der Waals surface area contributed by atoms with E-state index in [1.165, 1.54) is 36.0 Å². The normalized spacial score (nSPS) is 20.9. The van der Waals surface area contributed by atoms with Crippen molar-refractivity contribution in [3.05, 3.63) is 70.3 Å². The van der Waals surface area contributed by atoms with Crippen LogP contribution in [0.1, 0.15) is 65.0 Å². The van der Waals surface area contributed by atoms with Gasteiger partial charge in [0.2, 0.25) is 0 Å². The van der Waals surface area contributed by atoms with E-state index < -0.39 is 0 Å². The van der Waals surface area contributed by atoms with Gasteiger partial charge in [0.05, 0.1) is 12.7 Å². The van der Waals surface area contributed by atoms with E-state index in [4.69, 9.17) is 4.74 Å². The van der Waals surface area contributed by atoms with Gasteiger partial charge in [-0.25, -0.2) is 0 Å². The molecule has 1 nitrogen and oxygen atoms in total. The summed E-state index contributed by atoms with van der Waals surface area (Å²) in [6.07, 6.45) is 9.58. The highest BCUT2D eigenvalue weighted by atomic mass is 16.5. The summed E-state index contributed by atoms with van der Waals surface area (Å²) in [4.78, 5) is 0. The second kappa shape index (κ2) is 8.88. The largest absolute Gasteiger partial charge is 0.369 e. The third kappa shape index (κ3) is 5.84. The number of hydrogen-bond donors (Lipinski definition) is 0. The fraction of sp³-hybridized carbons (Fsp3) is 0.455. The van der Waals surface area contributed by atoms with Crippen molar-refractivity contribution < 1.29 is 4.74 Å². The van der Waals surface area contributed by atoms with E-state index in [-0.39, 0.29) is 6.10 Å². The molecule has 2 aliphatic rings. The Labute approximate surface area is 141 Å². The second-order valence-corrected chi connectivity index (χ2v) is 6.85. The van der Waals surface area contributed by atoms with Crippen LogP contribution >= 0.6 is 0 Å². The maximum Gasteiger partial charge on any atom is 0.0866 e. The SMILES string of the molecule is CC1=CCC(=C(C)C)CC1.CC1=CCOC(c2ccccc2)C1. The van der Waals surface area contributed by atoms with Crippen molar-refractivity contribution in [1.29, 1.82) is 0 Å². The van der Waals surface area contributed by atoms with Crippen molar-refractivity contribution in [1.82, 2.24) is 0 Å². The van der Waals surface area contributed by atoms with Crippen LogP contribution in [0.2, 0.25) is 0 Å². The van der Waals surface area contributed by atoms with Gasteiger partial charge in [-0.1, -0.05) is 64.8 Å². The third-order valence-electron chi connectivity index (χ3n) is 4.63.